The molecule has 0 radical (unpaired) electrons. The normalized spacial score (nSPS) is 16.2. The van der Waals surface area contributed by atoms with E-state index in [0.717, 1.165) is 39.1 Å². The van der Waals surface area contributed by atoms with E-state index in [9.17, 15) is 4.79 Å². The van der Waals surface area contributed by atoms with Crippen molar-refractivity contribution in [1.82, 2.24) is 19.6 Å². The highest BCUT2D eigenvalue weighted by Gasteiger charge is 2.26. The van der Waals surface area contributed by atoms with Crippen molar-refractivity contribution in [3.8, 4) is 0 Å². The third-order valence-electron chi connectivity index (χ3n) is 4.49. The van der Waals surface area contributed by atoms with Crippen molar-refractivity contribution >= 4 is 17.5 Å². The van der Waals surface area contributed by atoms with Crippen LogP contribution < -0.4 is 0 Å². The Morgan fingerprint density at radius 3 is 2.58 bits per heavy atom. The Kier molecular flexibility index (Phi) is 5.21. The van der Waals surface area contributed by atoms with Crippen LogP contribution in [0.5, 0.6) is 0 Å². The summed E-state index contributed by atoms with van der Waals surface area (Å²) < 4.78 is 1.56. The molecule has 1 amide bonds. The molecule has 1 saturated heterocycles. The molecule has 24 heavy (non-hydrogen) atoms. The second-order valence-electron chi connectivity index (χ2n) is 6.28. The largest absolute Gasteiger partial charge is 0.337 e. The van der Waals surface area contributed by atoms with Crippen LogP contribution in [0, 0.1) is 6.92 Å². The maximum Gasteiger partial charge on any atom is 0.258 e. The first kappa shape index (κ1) is 17.0. The Morgan fingerprint density at radius 1 is 1.17 bits per heavy atom. The van der Waals surface area contributed by atoms with Crippen LogP contribution >= 0.6 is 11.6 Å². The molecule has 0 aliphatic carbocycles. The fourth-order valence-electron chi connectivity index (χ4n) is 3.20. The van der Waals surface area contributed by atoms with E-state index in [2.05, 4.69) is 34.3 Å². The van der Waals surface area contributed by atoms with Crippen molar-refractivity contribution in [2.75, 3.05) is 26.2 Å². The van der Waals surface area contributed by atoms with Crippen LogP contribution in [0.1, 0.15) is 28.0 Å². The first-order valence-corrected chi connectivity index (χ1v) is 8.68. The molecule has 1 fully saturated rings. The van der Waals surface area contributed by atoms with E-state index in [1.807, 2.05) is 17.9 Å². The van der Waals surface area contributed by atoms with E-state index < -0.39 is 0 Å². The standard InChI is InChI=1S/C18H23ClN4O/c1-14-16(17(19)21(2)20-14)18(24)23-10-6-9-22(11-12-23)13-15-7-4-3-5-8-15/h3-5,7-8H,6,9-13H2,1-2H3. The molecular formula is C18H23ClN4O. The Bertz CT molecular complexity index is 713. The van der Waals surface area contributed by atoms with E-state index in [0.29, 0.717) is 16.4 Å². The van der Waals surface area contributed by atoms with Gasteiger partial charge >= 0.3 is 0 Å². The van der Waals surface area contributed by atoms with E-state index in [1.54, 1.807) is 11.7 Å². The highest BCUT2D eigenvalue weighted by molar-refractivity contribution is 6.33. The highest BCUT2D eigenvalue weighted by Crippen LogP contribution is 2.21. The number of aryl methyl sites for hydroxylation is 2. The lowest BCUT2D eigenvalue weighted by atomic mass is 10.2. The third-order valence-corrected chi connectivity index (χ3v) is 4.92. The summed E-state index contributed by atoms with van der Waals surface area (Å²) in [7, 11) is 1.76. The lowest BCUT2D eigenvalue weighted by Crippen LogP contribution is -2.35. The summed E-state index contributed by atoms with van der Waals surface area (Å²) in [5.74, 6) is -0.00726. The average Bonchev–Trinajstić information content (AvgIpc) is 2.74. The minimum absolute atomic E-state index is 0.00726. The van der Waals surface area contributed by atoms with Crippen molar-refractivity contribution in [3.05, 3.63) is 52.3 Å². The Hall–Kier alpha value is -1.85. The molecule has 0 spiro atoms. The van der Waals surface area contributed by atoms with Gasteiger partial charge in [0.1, 0.15) is 5.15 Å². The fourth-order valence-corrected chi connectivity index (χ4v) is 3.46. The quantitative estimate of drug-likeness (QED) is 0.858. The number of benzene rings is 1. The summed E-state index contributed by atoms with van der Waals surface area (Å²) in [6.45, 7) is 6.11. The average molecular weight is 347 g/mol. The number of hydrogen-bond donors (Lipinski definition) is 0. The van der Waals surface area contributed by atoms with Crippen molar-refractivity contribution < 1.29 is 4.79 Å². The number of carbonyl (C=O) groups is 1. The summed E-state index contributed by atoms with van der Waals surface area (Å²) >= 11 is 6.25. The van der Waals surface area contributed by atoms with Crippen LogP contribution in [0.25, 0.3) is 0 Å². The third kappa shape index (κ3) is 3.62. The van der Waals surface area contributed by atoms with Gasteiger partial charge in [0.05, 0.1) is 11.3 Å². The van der Waals surface area contributed by atoms with E-state index in [-0.39, 0.29) is 5.91 Å². The number of rotatable bonds is 3. The zero-order valence-electron chi connectivity index (χ0n) is 14.2. The topological polar surface area (TPSA) is 41.4 Å². The maximum atomic E-state index is 12.8. The van der Waals surface area contributed by atoms with Crippen LogP contribution in [-0.4, -0.2) is 51.7 Å². The zero-order valence-corrected chi connectivity index (χ0v) is 15.0. The summed E-state index contributed by atoms with van der Waals surface area (Å²) in [5.41, 5.74) is 2.54. The number of amides is 1. The van der Waals surface area contributed by atoms with Crippen LogP contribution in [0.4, 0.5) is 0 Å². The van der Waals surface area contributed by atoms with E-state index in [1.165, 1.54) is 5.56 Å². The smallest absolute Gasteiger partial charge is 0.258 e. The molecule has 5 nitrogen and oxygen atoms in total. The molecule has 6 heteroatoms. The predicted molar refractivity (Wildman–Crippen MR) is 95.2 cm³/mol. The molecule has 0 saturated carbocycles. The first-order valence-electron chi connectivity index (χ1n) is 8.31. The van der Waals surface area contributed by atoms with Gasteiger partial charge in [0.15, 0.2) is 0 Å². The minimum Gasteiger partial charge on any atom is -0.337 e. The van der Waals surface area contributed by atoms with Gasteiger partial charge in [-0.3, -0.25) is 14.4 Å². The van der Waals surface area contributed by atoms with Gasteiger partial charge in [-0.2, -0.15) is 5.10 Å². The molecule has 0 atom stereocenters. The summed E-state index contributed by atoms with van der Waals surface area (Å²) in [6, 6.07) is 10.5. The van der Waals surface area contributed by atoms with Crippen molar-refractivity contribution in [1.29, 1.82) is 0 Å². The van der Waals surface area contributed by atoms with Gasteiger partial charge in [-0.05, 0) is 18.9 Å². The summed E-state index contributed by atoms with van der Waals surface area (Å²) in [4.78, 5) is 17.1. The lowest BCUT2D eigenvalue weighted by molar-refractivity contribution is 0.0760. The van der Waals surface area contributed by atoms with Crippen LogP contribution in [0.3, 0.4) is 0 Å². The second kappa shape index (κ2) is 7.36. The molecular weight excluding hydrogens is 324 g/mol. The lowest BCUT2D eigenvalue weighted by Gasteiger charge is -2.22. The molecule has 1 aromatic carbocycles. The van der Waals surface area contributed by atoms with Gasteiger partial charge in [0.2, 0.25) is 0 Å². The Morgan fingerprint density at radius 2 is 1.92 bits per heavy atom. The zero-order chi connectivity index (χ0) is 17.1. The number of carbonyl (C=O) groups excluding carboxylic acids is 1. The number of aromatic nitrogens is 2. The van der Waals surface area contributed by atoms with Crippen molar-refractivity contribution in [2.45, 2.75) is 19.9 Å². The monoisotopic (exact) mass is 346 g/mol. The molecule has 1 aliphatic rings. The van der Waals surface area contributed by atoms with E-state index in [4.69, 9.17) is 11.6 Å². The Labute approximate surface area is 147 Å². The van der Waals surface area contributed by atoms with Gasteiger partial charge in [-0.15, -0.1) is 0 Å². The molecule has 3 rings (SSSR count). The number of halogens is 1. The molecule has 2 aromatic rings. The van der Waals surface area contributed by atoms with Gasteiger partial charge < -0.3 is 4.90 Å². The predicted octanol–water partition coefficient (Wildman–Crippen LogP) is 2.73. The molecule has 128 valence electrons. The first-order chi connectivity index (χ1) is 11.6. The van der Waals surface area contributed by atoms with Gasteiger partial charge in [-0.1, -0.05) is 41.9 Å². The van der Waals surface area contributed by atoms with Gasteiger partial charge in [-0.25, -0.2) is 0 Å². The molecule has 1 aromatic heterocycles. The second-order valence-corrected chi connectivity index (χ2v) is 6.64. The maximum absolute atomic E-state index is 12.8. The van der Waals surface area contributed by atoms with Crippen molar-refractivity contribution in [2.24, 2.45) is 7.05 Å². The molecule has 1 aliphatic heterocycles. The molecule has 2 heterocycles. The number of hydrogen-bond acceptors (Lipinski definition) is 3. The highest BCUT2D eigenvalue weighted by atomic mass is 35.5. The fraction of sp³-hybridized carbons (Fsp3) is 0.444. The SMILES string of the molecule is Cc1nn(C)c(Cl)c1C(=O)N1CCCN(Cc2ccccc2)CC1. The van der Waals surface area contributed by atoms with E-state index >= 15 is 0 Å². The minimum atomic E-state index is -0.00726. The Balaban J connectivity index is 1.66. The molecule has 0 N–H and O–H groups in total. The van der Waals surface area contributed by atoms with Crippen LogP contribution in [-0.2, 0) is 13.6 Å². The molecule has 0 bridgehead atoms. The van der Waals surface area contributed by atoms with Gasteiger partial charge in [0.25, 0.3) is 5.91 Å². The van der Waals surface area contributed by atoms with Crippen LogP contribution in [0.2, 0.25) is 5.15 Å². The van der Waals surface area contributed by atoms with Crippen molar-refractivity contribution in [3.63, 3.8) is 0 Å². The van der Waals surface area contributed by atoms with Crippen LogP contribution in [0.15, 0.2) is 30.3 Å². The summed E-state index contributed by atoms with van der Waals surface area (Å²) in [5, 5.41) is 4.67. The van der Waals surface area contributed by atoms with Gasteiger partial charge in [0, 0.05) is 39.8 Å². The summed E-state index contributed by atoms with van der Waals surface area (Å²) in [6.07, 6.45) is 0.968. The number of nitrogens with zero attached hydrogens (tertiary/aromatic N) is 4. The molecule has 0 unspecified atom stereocenters.